The molecule has 6 nitrogen and oxygen atoms in total. The van der Waals surface area contributed by atoms with Crippen LogP contribution >= 0.6 is 11.8 Å². The average molecular weight is 289 g/mol. The van der Waals surface area contributed by atoms with Crippen LogP contribution in [-0.2, 0) is 0 Å². The number of aromatic nitrogens is 1. The number of nitro benzene ring substituents is 1. The lowest BCUT2D eigenvalue weighted by atomic mass is 10.3. The Morgan fingerprint density at radius 3 is 2.55 bits per heavy atom. The highest BCUT2D eigenvalue weighted by atomic mass is 32.2. The number of benzene rings is 1. The summed E-state index contributed by atoms with van der Waals surface area (Å²) in [4.78, 5) is 27.3. The van der Waals surface area contributed by atoms with Crippen LogP contribution in [0.5, 0.6) is 0 Å². The van der Waals surface area contributed by atoms with Gasteiger partial charge in [0.25, 0.3) is 11.6 Å². The van der Waals surface area contributed by atoms with Crippen molar-refractivity contribution in [1.29, 1.82) is 0 Å². The maximum atomic E-state index is 11.5. The molecule has 0 fully saturated rings. The van der Waals surface area contributed by atoms with Crippen molar-refractivity contribution in [2.75, 3.05) is 7.05 Å². The molecule has 0 radical (unpaired) electrons. The van der Waals surface area contributed by atoms with E-state index < -0.39 is 4.92 Å². The van der Waals surface area contributed by atoms with Gasteiger partial charge in [-0.15, -0.1) is 0 Å². The third kappa shape index (κ3) is 3.33. The zero-order valence-corrected chi connectivity index (χ0v) is 11.4. The van der Waals surface area contributed by atoms with Crippen LogP contribution < -0.4 is 5.32 Å². The van der Waals surface area contributed by atoms with E-state index in [9.17, 15) is 14.9 Å². The molecular formula is C13H11N3O3S. The number of amides is 1. The molecule has 0 saturated heterocycles. The topological polar surface area (TPSA) is 85.1 Å². The summed E-state index contributed by atoms with van der Waals surface area (Å²) in [6, 6.07) is 9.68. The lowest BCUT2D eigenvalue weighted by Gasteiger charge is -2.03. The van der Waals surface area contributed by atoms with Crippen molar-refractivity contribution in [2.45, 2.75) is 9.79 Å². The Hall–Kier alpha value is -2.41. The summed E-state index contributed by atoms with van der Waals surface area (Å²) in [6.07, 6.45) is 1.55. The first-order chi connectivity index (χ1) is 9.60. The Labute approximate surface area is 119 Å². The van der Waals surface area contributed by atoms with Crippen molar-refractivity contribution in [3.8, 4) is 0 Å². The molecule has 0 saturated carbocycles. The molecule has 20 heavy (non-hydrogen) atoms. The van der Waals surface area contributed by atoms with Crippen LogP contribution in [0.3, 0.4) is 0 Å². The third-order valence-electron chi connectivity index (χ3n) is 2.47. The minimum absolute atomic E-state index is 0.0510. The SMILES string of the molecule is CNC(=O)c1cc(Sc2ccc([N+](=O)[O-])cc2)ccn1. The number of carbonyl (C=O) groups is 1. The average Bonchev–Trinajstić information content (AvgIpc) is 2.47. The van der Waals surface area contributed by atoms with Gasteiger partial charge in [0.05, 0.1) is 4.92 Å². The molecule has 102 valence electrons. The van der Waals surface area contributed by atoms with E-state index in [2.05, 4.69) is 10.3 Å². The molecule has 2 rings (SSSR count). The van der Waals surface area contributed by atoms with Crippen LogP contribution in [0.1, 0.15) is 10.5 Å². The number of nitro groups is 1. The largest absolute Gasteiger partial charge is 0.354 e. The number of nitrogens with one attached hydrogen (secondary N) is 1. The number of rotatable bonds is 4. The highest BCUT2D eigenvalue weighted by molar-refractivity contribution is 7.99. The maximum absolute atomic E-state index is 11.5. The second-order valence-electron chi connectivity index (χ2n) is 3.81. The summed E-state index contributed by atoms with van der Waals surface area (Å²) in [6.45, 7) is 0. The number of non-ortho nitro benzene ring substituents is 1. The summed E-state index contributed by atoms with van der Waals surface area (Å²) in [5, 5.41) is 13.1. The third-order valence-corrected chi connectivity index (χ3v) is 3.47. The molecule has 0 unspecified atom stereocenters. The van der Waals surface area contributed by atoms with Gasteiger partial charge in [0.2, 0.25) is 0 Å². The summed E-state index contributed by atoms with van der Waals surface area (Å²) in [7, 11) is 1.54. The molecule has 0 spiro atoms. The molecule has 7 heteroatoms. The van der Waals surface area contributed by atoms with Gasteiger partial charge in [0, 0.05) is 35.2 Å². The van der Waals surface area contributed by atoms with Crippen LogP contribution in [0.4, 0.5) is 5.69 Å². The Bertz CT molecular complexity index is 644. The van der Waals surface area contributed by atoms with Gasteiger partial charge in [-0.05, 0) is 24.3 Å². The van der Waals surface area contributed by atoms with Crippen LogP contribution in [0.15, 0.2) is 52.4 Å². The summed E-state index contributed by atoms with van der Waals surface area (Å²) in [5.74, 6) is -0.254. The van der Waals surface area contributed by atoms with Crippen LogP contribution in [0, 0.1) is 10.1 Å². The van der Waals surface area contributed by atoms with Crippen molar-refractivity contribution < 1.29 is 9.72 Å². The highest BCUT2D eigenvalue weighted by Gasteiger charge is 2.08. The van der Waals surface area contributed by atoms with Crippen molar-refractivity contribution in [2.24, 2.45) is 0 Å². The van der Waals surface area contributed by atoms with Crippen molar-refractivity contribution in [1.82, 2.24) is 10.3 Å². The molecule has 0 aliphatic rings. The lowest BCUT2D eigenvalue weighted by Crippen LogP contribution is -2.18. The summed E-state index contributed by atoms with van der Waals surface area (Å²) in [5.41, 5.74) is 0.384. The number of pyridine rings is 1. The van der Waals surface area contributed by atoms with Crippen LogP contribution in [-0.4, -0.2) is 22.9 Å². The first kappa shape index (κ1) is 14.0. The molecule has 0 aliphatic heterocycles. The van der Waals surface area contributed by atoms with Crippen LogP contribution in [0.2, 0.25) is 0 Å². The monoisotopic (exact) mass is 289 g/mol. The zero-order valence-electron chi connectivity index (χ0n) is 10.6. The summed E-state index contributed by atoms with van der Waals surface area (Å²) >= 11 is 1.41. The first-order valence-electron chi connectivity index (χ1n) is 5.70. The highest BCUT2D eigenvalue weighted by Crippen LogP contribution is 2.28. The van der Waals surface area contributed by atoms with Gasteiger partial charge in [-0.3, -0.25) is 19.9 Å². The molecule has 1 heterocycles. The predicted molar refractivity (Wildman–Crippen MR) is 74.8 cm³/mol. The Morgan fingerprint density at radius 1 is 1.25 bits per heavy atom. The van der Waals surface area contributed by atoms with Gasteiger partial charge >= 0.3 is 0 Å². The van der Waals surface area contributed by atoms with E-state index in [1.165, 1.54) is 23.9 Å². The van der Waals surface area contributed by atoms with Gasteiger partial charge in [-0.2, -0.15) is 0 Å². The Balaban J connectivity index is 2.17. The van der Waals surface area contributed by atoms with Gasteiger partial charge in [-0.1, -0.05) is 11.8 Å². The van der Waals surface area contributed by atoms with Crippen molar-refractivity contribution in [3.05, 3.63) is 58.4 Å². The van der Waals surface area contributed by atoms with E-state index in [-0.39, 0.29) is 11.6 Å². The molecule has 0 atom stereocenters. The predicted octanol–water partition coefficient (Wildman–Crippen LogP) is 2.50. The molecule has 0 bridgehead atoms. The van der Waals surface area contributed by atoms with Gasteiger partial charge in [0.1, 0.15) is 5.69 Å². The minimum Gasteiger partial charge on any atom is -0.354 e. The van der Waals surface area contributed by atoms with Crippen molar-refractivity contribution in [3.63, 3.8) is 0 Å². The quantitative estimate of drug-likeness (QED) is 0.690. The zero-order chi connectivity index (χ0) is 14.5. The van der Waals surface area contributed by atoms with Crippen LogP contribution in [0.25, 0.3) is 0 Å². The Morgan fingerprint density at radius 2 is 1.95 bits per heavy atom. The van der Waals surface area contributed by atoms with E-state index in [4.69, 9.17) is 0 Å². The minimum atomic E-state index is -0.440. The summed E-state index contributed by atoms with van der Waals surface area (Å²) < 4.78 is 0. The van der Waals surface area contributed by atoms with Gasteiger partial charge < -0.3 is 5.32 Å². The molecule has 1 aromatic heterocycles. The fourth-order valence-electron chi connectivity index (χ4n) is 1.50. The second kappa shape index (κ2) is 6.16. The fourth-order valence-corrected chi connectivity index (χ4v) is 2.34. The normalized spacial score (nSPS) is 10.1. The standard InChI is InChI=1S/C13H11N3O3S/c1-14-13(17)12-8-11(6-7-15-12)20-10-4-2-9(3-5-10)16(18)19/h2-8H,1H3,(H,14,17). The molecule has 1 N–H and O–H groups in total. The molecule has 1 amide bonds. The number of hydrogen-bond donors (Lipinski definition) is 1. The smallest absolute Gasteiger partial charge is 0.269 e. The number of carbonyl (C=O) groups excluding carboxylic acids is 1. The Kier molecular flexibility index (Phi) is 4.31. The number of nitrogens with zero attached hydrogens (tertiary/aromatic N) is 2. The fraction of sp³-hybridized carbons (Fsp3) is 0.0769. The molecular weight excluding hydrogens is 278 g/mol. The lowest BCUT2D eigenvalue weighted by molar-refractivity contribution is -0.384. The van der Waals surface area contributed by atoms with E-state index in [1.807, 2.05) is 0 Å². The molecule has 0 aliphatic carbocycles. The van der Waals surface area contributed by atoms with Gasteiger partial charge in [-0.25, -0.2) is 0 Å². The molecule has 1 aromatic carbocycles. The van der Waals surface area contributed by atoms with E-state index >= 15 is 0 Å². The maximum Gasteiger partial charge on any atom is 0.269 e. The second-order valence-corrected chi connectivity index (χ2v) is 4.96. The van der Waals surface area contributed by atoms with Crippen molar-refractivity contribution >= 4 is 23.4 Å². The van der Waals surface area contributed by atoms with E-state index in [1.54, 1.807) is 37.5 Å². The molecule has 2 aromatic rings. The van der Waals surface area contributed by atoms with E-state index in [0.29, 0.717) is 5.69 Å². The number of hydrogen-bond acceptors (Lipinski definition) is 5. The van der Waals surface area contributed by atoms with Gasteiger partial charge in [0.15, 0.2) is 0 Å². The van der Waals surface area contributed by atoms with E-state index in [0.717, 1.165) is 9.79 Å². The first-order valence-corrected chi connectivity index (χ1v) is 6.52.